The third-order valence-corrected chi connectivity index (χ3v) is 8.77. The minimum Gasteiger partial charge on any atom is -0.463 e. The molecule has 1 saturated heterocycles. The molecule has 1 aliphatic rings. The quantitative estimate of drug-likeness (QED) is 0.0873. The Bertz CT molecular complexity index is 1570. The maximum Gasteiger partial charge on any atom is 0.422 e. The summed E-state index contributed by atoms with van der Waals surface area (Å²) in [4.78, 5) is 31.0. The second kappa shape index (κ2) is 17.2. The van der Waals surface area contributed by atoms with Crippen molar-refractivity contribution in [3.63, 3.8) is 0 Å². The van der Waals surface area contributed by atoms with E-state index in [-0.39, 0.29) is 6.61 Å². The number of carbonyl (C=O) groups excluding carboxylic acids is 1. The van der Waals surface area contributed by atoms with E-state index in [4.69, 9.17) is 13.9 Å². The predicted molar refractivity (Wildman–Crippen MR) is 184 cm³/mol. The lowest BCUT2D eigenvalue weighted by Gasteiger charge is -2.36. The monoisotopic (exact) mass is 627 g/mol. The van der Waals surface area contributed by atoms with E-state index < -0.39 is 18.0 Å². The number of anilines is 1. The zero-order chi connectivity index (χ0) is 32.1. The first-order valence-corrected chi connectivity index (χ1v) is 17.1. The maximum atomic E-state index is 13.3. The molecule has 1 fully saturated rings. The van der Waals surface area contributed by atoms with Crippen LogP contribution in [0.25, 0.3) is 22.2 Å². The van der Waals surface area contributed by atoms with E-state index in [0.29, 0.717) is 17.7 Å². The molecule has 0 radical (unpaired) electrons. The smallest absolute Gasteiger partial charge is 0.422 e. The van der Waals surface area contributed by atoms with Gasteiger partial charge in [0.05, 0.1) is 17.8 Å². The van der Waals surface area contributed by atoms with Crippen LogP contribution < -0.4 is 10.7 Å². The van der Waals surface area contributed by atoms with Crippen LogP contribution in [-0.2, 0) is 20.8 Å². The molecule has 0 saturated carbocycles. The average Bonchev–Trinajstić information content (AvgIpc) is 3.42. The number of para-hydroxylation sites is 1. The molecule has 46 heavy (non-hydrogen) atoms. The predicted octanol–water partition coefficient (Wildman–Crippen LogP) is 7.80. The summed E-state index contributed by atoms with van der Waals surface area (Å²) in [6.45, 7) is 8.77. The van der Waals surface area contributed by atoms with Crippen LogP contribution in [0.5, 0.6) is 0 Å². The van der Waals surface area contributed by atoms with Crippen LogP contribution in [0, 0.1) is 0 Å². The van der Waals surface area contributed by atoms with E-state index in [1.807, 2.05) is 24.3 Å². The molecule has 1 unspecified atom stereocenters. The van der Waals surface area contributed by atoms with Crippen molar-refractivity contribution in [3.8, 4) is 11.1 Å². The van der Waals surface area contributed by atoms with Gasteiger partial charge in [-0.15, -0.1) is 0 Å². The molecule has 1 aromatic heterocycles. The van der Waals surface area contributed by atoms with Gasteiger partial charge in [-0.1, -0.05) is 106 Å². The first-order valence-electron chi connectivity index (χ1n) is 17.1. The van der Waals surface area contributed by atoms with Gasteiger partial charge in [-0.05, 0) is 48.2 Å². The summed E-state index contributed by atoms with van der Waals surface area (Å²) >= 11 is 0. The van der Waals surface area contributed by atoms with E-state index in [1.165, 1.54) is 53.4 Å². The maximum absolute atomic E-state index is 13.3. The fourth-order valence-corrected chi connectivity index (χ4v) is 6.29. The molecule has 1 aliphatic heterocycles. The van der Waals surface area contributed by atoms with Crippen LogP contribution >= 0.6 is 0 Å². The number of rotatable bonds is 17. The molecule has 8 nitrogen and oxygen atoms in total. The molecule has 5 rings (SSSR count). The number of piperazine rings is 1. The van der Waals surface area contributed by atoms with Gasteiger partial charge in [-0.2, -0.15) is 0 Å². The number of oxazole rings is 1. The Kier molecular flexibility index (Phi) is 12.5. The molecule has 2 heterocycles. The standard InChI is InChI=1S/C38H49N3O5/c1-3-5-6-7-8-9-10-14-27-45-36(37(42)44-4-2)41-34-22-16-21-33(35(34)46-38(41)43)40-25-23-39(24-26-40)29-30-17-15-20-32(28-30)31-18-12-11-13-19-31/h11-13,15-22,28,36H,3-10,14,23-27,29H2,1-2H3. The van der Waals surface area contributed by atoms with Gasteiger partial charge >= 0.3 is 11.7 Å². The number of benzene rings is 3. The molecule has 0 N–H and O–H groups in total. The largest absolute Gasteiger partial charge is 0.463 e. The van der Waals surface area contributed by atoms with Crippen molar-refractivity contribution in [2.24, 2.45) is 0 Å². The van der Waals surface area contributed by atoms with E-state index in [9.17, 15) is 9.59 Å². The molecule has 0 spiro atoms. The highest BCUT2D eigenvalue weighted by Gasteiger charge is 2.30. The van der Waals surface area contributed by atoms with Gasteiger partial charge < -0.3 is 18.8 Å². The SMILES string of the molecule is CCCCCCCCCCOC(C(=O)OCC)n1c(=O)oc2c(N3CCN(Cc4cccc(-c5ccccc5)c4)CC3)cccc21. The summed E-state index contributed by atoms with van der Waals surface area (Å²) in [6, 6.07) is 24.9. The molecule has 3 aromatic carbocycles. The van der Waals surface area contributed by atoms with Crippen molar-refractivity contribution in [2.45, 2.75) is 78.0 Å². The Morgan fingerprint density at radius 1 is 0.804 bits per heavy atom. The second-order valence-corrected chi connectivity index (χ2v) is 12.1. The summed E-state index contributed by atoms with van der Waals surface area (Å²) in [5, 5.41) is 0. The number of carbonyl (C=O) groups is 1. The summed E-state index contributed by atoms with van der Waals surface area (Å²) in [7, 11) is 0. The number of nitrogens with zero attached hydrogens (tertiary/aromatic N) is 3. The number of esters is 1. The lowest BCUT2D eigenvalue weighted by molar-refractivity contribution is -0.164. The lowest BCUT2D eigenvalue weighted by Crippen LogP contribution is -2.46. The highest BCUT2D eigenvalue weighted by Crippen LogP contribution is 2.30. The van der Waals surface area contributed by atoms with Crippen molar-refractivity contribution in [1.29, 1.82) is 0 Å². The molecule has 0 bridgehead atoms. The summed E-state index contributed by atoms with van der Waals surface area (Å²) in [5.41, 5.74) is 5.60. The van der Waals surface area contributed by atoms with Crippen LogP contribution in [0.1, 0.15) is 77.0 Å². The van der Waals surface area contributed by atoms with Crippen molar-refractivity contribution in [3.05, 3.63) is 88.9 Å². The van der Waals surface area contributed by atoms with Gasteiger partial charge in [0, 0.05) is 39.3 Å². The molecule has 246 valence electrons. The zero-order valence-electron chi connectivity index (χ0n) is 27.5. The van der Waals surface area contributed by atoms with E-state index in [1.54, 1.807) is 6.92 Å². The number of unbranched alkanes of at least 4 members (excludes halogenated alkanes) is 7. The molecular formula is C38H49N3O5. The van der Waals surface area contributed by atoms with Crippen LogP contribution in [0.15, 0.2) is 82.0 Å². The number of ether oxygens (including phenoxy) is 2. The first kappa shape index (κ1) is 33.5. The van der Waals surface area contributed by atoms with E-state index >= 15 is 0 Å². The van der Waals surface area contributed by atoms with Crippen LogP contribution in [0.3, 0.4) is 0 Å². The summed E-state index contributed by atoms with van der Waals surface area (Å²) < 4.78 is 18.5. The highest BCUT2D eigenvalue weighted by molar-refractivity contribution is 5.88. The minimum atomic E-state index is -1.18. The average molecular weight is 628 g/mol. The van der Waals surface area contributed by atoms with Gasteiger partial charge in [0.15, 0.2) is 5.58 Å². The van der Waals surface area contributed by atoms with Gasteiger partial charge in [-0.25, -0.2) is 14.2 Å². The van der Waals surface area contributed by atoms with Crippen molar-refractivity contribution < 1.29 is 18.7 Å². The normalized spacial score (nSPS) is 14.5. The van der Waals surface area contributed by atoms with Crippen molar-refractivity contribution >= 4 is 22.8 Å². The Morgan fingerprint density at radius 3 is 2.24 bits per heavy atom. The zero-order valence-corrected chi connectivity index (χ0v) is 27.5. The number of hydrogen-bond acceptors (Lipinski definition) is 7. The first-order chi connectivity index (χ1) is 22.6. The van der Waals surface area contributed by atoms with E-state index in [2.05, 4.69) is 65.3 Å². The van der Waals surface area contributed by atoms with E-state index in [0.717, 1.165) is 57.7 Å². The fraction of sp³-hybridized carbons (Fsp3) is 0.474. The summed E-state index contributed by atoms with van der Waals surface area (Å²) in [5.74, 6) is -1.20. The fourth-order valence-electron chi connectivity index (χ4n) is 6.29. The van der Waals surface area contributed by atoms with Gasteiger partial charge in [0.2, 0.25) is 6.23 Å². The van der Waals surface area contributed by atoms with Crippen LogP contribution in [0.2, 0.25) is 0 Å². The second-order valence-electron chi connectivity index (χ2n) is 12.1. The molecule has 8 heteroatoms. The van der Waals surface area contributed by atoms with Crippen molar-refractivity contribution in [1.82, 2.24) is 9.47 Å². The molecule has 0 amide bonds. The Hall–Kier alpha value is -3.88. The minimum absolute atomic E-state index is 0.201. The molecule has 4 aromatic rings. The van der Waals surface area contributed by atoms with Crippen molar-refractivity contribution in [2.75, 3.05) is 44.3 Å². The summed E-state index contributed by atoms with van der Waals surface area (Å²) in [6.07, 6.45) is 8.10. The molecule has 0 aliphatic carbocycles. The van der Waals surface area contributed by atoms with Crippen LogP contribution in [-0.4, -0.2) is 54.8 Å². The Labute approximate surface area is 272 Å². The van der Waals surface area contributed by atoms with Crippen LogP contribution in [0.4, 0.5) is 5.69 Å². The molecular weight excluding hydrogens is 578 g/mol. The lowest BCUT2D eigenvalue weighted by atomic mass is 10.0. The Balaban J connectivity index is 1.22. The highest BCUT2D eigenvalue weighted by atomic mass is 16.6. The topological polar surface area (TPSA) is 77.1 Å². The van der Waals surface area contributed by atoms with Gasteiger partial charge in [0.25, 0.3) is 0 Å². The third kappa shape index (κ3) is 8.68. The number of fused-ring (bicyclic) bond motifs is 1. The number of aromatic nitrogens is 1. The third-order valence-electron chi connectivity index (χ3n) is 8.77. The van der Waals surface area contributed by atoms with Gasteiger partial charge in [-0.3, -0.25) is 4.90 Å². The Morgan fingerprint density at radius 2 is 1.50 bits per heavy atom. The van der Waals surface area contributed by atoms with Gasteiger partial charge in [0.1, 0.15) is 0 Å². The number of hydrogen-bond donors (Lipinski definition) is 0. The molecule has 1 atom stereocenters.